The Balaban J connectivity index is 1.57. The van der Waals surface area contributed by atoms with E-state index >= 15 is 0 Å². The summed E-state index contributed by atoms with van der Waals surface area (Å²) in [5, 5.41) is 12.9. The van der Waals surface area contributed by atoms with E-state index in [-0.39, 0.29) is 28.7 Å². The van der Waals surface area contributed by atoms with Crippen LogP contribution < -0.4 is 5.32 Å². The molecule has 0 radical (unpaired) electrons. The largest absolute Gasteiger partial charge is 0.481 e. The minimum Gasteiger partial charge on any atom is -0.481 e. The molecule has 1 heterocycles. The molecule has 38 heavy (non-hydrogen) atoms. The van der Waals surface area contributed by atoms with Crippen molar-refractivity contribution in [2.45, 2.75) is 109 Å². The van der Waals surface area contributed by atoms with Crippen molar-refractivity contribution in [3.05, 3.63) is 45.6 Å². The van der Waals surface area contributed by atoms with Crippen molar-refractivity contribution in [3.63, 3.8) is 0 Å². The molecule has 5 nitrogen and oxygen atoms in total. The number of nitrogens with one attached hydrogen (secondary N) is 1. The minimum absolute atomic E-state index is 0.000385. The van der Waals surface area contributed by atoms with Gasteiger partial charge in [-0.05, 0) is 83.2 Å². The Labute approximate surface area is 232 Å². The van der Waals surface area contributed by atoms with Gasteiger partial charge in [0.25, 0.3) is 5.91 Å². The molecule has 3 saturated carbocycles. The van der Waals surface area contributed by atoms with E-state index in [0.29, 0.717) is 29.5 Å². The van der Waals surface area contributed by atoms with Gasteiger partial charge in [0.2, 0.25) is 0 Å². The van der Waals surface area contributed by atoms with Crippen LogP contribution in [-0.2, 0) is 29.1 Å². The van der Waals surface area contributed by atoms with Crippen LogP contribution in [0.1, 0.15) is 113 Å². The van der Waals surface area contributed by atoms with Gasteiger partial charge in [-0.25, -0.2) is 0 Å². The molecule has 3 aliphatic carbocycles. The minimum atomic E-state index is -0.789. The van der Waals surface area contributed by atoms with E-state index in [0.717, 1.165) is 23.2 Å². The fourth-order valence-corrected chi connectivity index (χ4v) is 6.79. The lowest BCUT2D eigenvalue weighted by Crippen LogP contribution is -2.47. The van der Waals surface area contributed by atoms with Crippen LogP contribution in [0.15, 0.2) is 18.2 Å². The normalized spacial score (nSPS) is 23.1. The number of nitrogens with zero attached hydrogens (tertiary/aromatic N) is 1. The molecule has 0 saturated heterocycles. The maximum absolute atomic E-state index is 13.6. The number of carbonyl (C=O) groups is 2. The number of benzene rings is 1. The molecule has 3 aliphatic rings. The third-order valence-corrected chi connectivity index (χ3v) is 9.86. The number of hydrogen-bond donors (Lipinski definition) is 2. The van der Waals surface area contributed by atoms with Gasteiger partial charge < -0.3 is 15.0 Å². The highest BCUT2D eigenvalue weighted by molar-refractivity contribution is 6.35. The van der Waals surface area contributed by atoms with Gasteiger partial charge in [-0.3, -0.25) is 9.59 Å². The molecule has 2 N–H and O–H groups in total. The molecule has 0 bridgehead atoms. The molecule has 2 aromatic rings. The summed E-state index contributed by atoms with van der Waals surface area (Å²) in [7, 11) is 1.96. The molecule has 0 spiro atoms. The lowest BCUT2D eigenvalue weighted by atomic mass is 9.80. The Kier molecular flexibility index (Phi) is 7.21. The second kappa shape index (κ2) is 10.0. The van der Waals surface area contributed by atoms with Gasteiger partial charge >= 0.3 is 5.97 Å². The predicted molar refractivity (Wildman–Crippen MR) is 153 cm³/mol. The van der Waals surface area contributed by atoms with Gasteiger partial charge in [0.15, 0.2) is 0 Å². The first kappa shape index (κ1) is 27.3. The van der Waals surface area contributed by atoms with Crippen molar-refractivity contribution in [2.24, 2.45) is 18.9 Å². The third kappa shape index (κ3) is 5.28. The van der Waals surface area contributed by atoms with E-state index < -0.39 is 5.97 Å². The lowest BCUT2D eigenvalue weighted by Gasteiger charge is -2.32. The number of amides is 1. The Hall–Kier alpha value is -2.27. The molecule has 206 valence electrons. The first-order valence-electron chi connectivity index (χ1n) is 14.4. The molecule has 6 heteroatoms. The number of aromatic nitrogens is 1. The summed E-state index contributed by atoms with van der Waals surface area (Å²) in [4.78, 5) is 24.8. The van der Waals surface area contributed by atoms with Gasteiger partial charge in [-0.1, -0.05) is 77.5 Å². The standard InChI is InChI=1S/C32H43ClN2O3/c1-31(2,3)22-14-20(15-23(18-22)32(4)11-12-32)27-25(13-19-9-7-6-8-10-19)26(33)28(35(27)5)29(36)34-24-16-21(17-24)30(37)38/h14-15,18-19,21,24H,6-13,16-17H2,1-5H3,(H,34,36)(H,37,38). The summed E-state index contributed by atoms with van der Waals surface area (Å²) in [6.45, 7) is 9.12. The summed E-state index contributed by atoms with van der Waals surface area (Å²) in [6, 6.07) is 6.90. The van der Waals surface area contributed by atoms with E-state index in [1.54, 1.807) is 0 Å². The molecule has 0 atom stereocenters. The fraction of sp³-hybridized carbons (Fsp3) is 0.625. The molecule has 1 amide bonds. The van der Waals surface area contributed by atoms with Crippen LogP contribution in [0.2, 0.25) is 5.02 Å². The van der Waals surface area contributed by atoms with Crippen molar-refractivity contribution in [2.75, 3.05) is 0 Å². The maximum atomic E-state index is 13.6. The van der Waals surface area contributed by atoms with E-state index in [4.69, 9.17) is 11.6 Å². The van der Waals surface area contributed by atoms with E-state index in [1.165, 1.54) is 56.1 Å². The molecule has 0 unspecified atom stereocenters. The van der Waals surface area contributed by atoms with Crippen molar-refractivity contribution in [3.8, 4) is 11.3 Å². The van der Waals surface area contributed by atoms with Crippen molar-refractivity contribution >= 4 is 23.5 Å². The van der Waals surface area contributed by atoms with Gasteiger partial charge in [0.05, 0.1) is 16.6 Å². The van der Waals surface area contributed by atoms with Crippen LogP contribution in [-0.4, -0.2) is 27.6 Å². The zero-order valence-corrected chi connectivity index (χ0v) is 24.4. The highest BCUT2D eigenvalue weighted by Crippen LogP contribution is 2.50. The SMILES string of the molecule is Cn1c(C(=O)NC2CC(C(=O)O)C2)c(Cl)c(CC2CCCCC2)c1-c1cc(C(C)(C)C)cc(C2(C)CC2)c1. The highest BCUT2D eigenvalue weighted by atomic mass is 35.5. The molecule has 5 rings (SSSR count). The molecule has 1 aromatic carbocycles. The Bertz CT molecular complexity index is 1210. The van der Waals surface area contributed by atoms with Gasteiger partial charge in [0, 0.05) is 13.1 Å². The number of carboxylic acids is 1. The lowest BCUT2D eigenvalue weighted by molar-refractivity contribution is -0.145. The topological polar surface area (TPSA) is 71.3 Å². The molecule has 0 aliphatic heterocycles. The Morgan fingerprint density at radius 2 is 1.76 bits per heavy atom. The summed E-state index contributed by atoms with van der Waals surface area (Å²) < 4.78 is 2.00. The summed E-state index contributed by atoms with van der Waals surface area (Å²) in [5.41, 5.74) is 6.68. The molecular weight excluding hydrogens is 496 g/mol. The predicted octanol–water partition coefficient (Wildman–Crippen LogP) is 7.41. The van der Waals surface area contributed by atoms with Crippen LogP contribution in [0.5, 0.6) is 0 Å². The second-order valence-electron chi connectivity index (χ2n) is 13.5. The number of aliphatic carboxylic acids is 1. The van der Waals surface area contributed by atoms with Gasteiger partial charge in [-0.2, -0.15) is 0 Å². The van der Waals surface area contributed by atoms with Crippen molar-refractivity contribution < 1.29 is 14.7 Å². The molecular formula is C32H43ClN2O3. The van der Waals surface area contributed by atoms with Crippen LogP contribution in [0, 0.1) is 11.8 Å². The van der Waals surface area contributed by atoms with Crippen molar-refractivity contribution in [1.82, 2.24) is 9.88 Å². The first-order chi connectivity index (χ1) is 17.9. The summed E-state index contributed by atoms with van der Waals surface area (Å²) in [6.07, 6.45) is 10.5. The number of carboxylic acid groups (broad SMARTS) is 1. The quantitative estimate of drug-likeness (QED) is 0.385. The van der Waals surface area contributed by atoms with Crippen molar-refractivity contribution in [1.29, 1.82) is 0 Å². The van der Waals surface area contributed by atoms with E-state index in [2.05, 4.69) is 51.2 Å². The number of carbonyl (C=O) groups excluding carboxylic acids is 1. The number of hydrogen-bond acceptors (Lipinski definition) is 2. The van der Waals surface area contributed by atoms with Crippen LogP contribution >= 0.6 is 11.6 Å². The fourth-order valence-electron chi connectivity index (χ4n) is 6.41. The van der Waals surface area contributed by atoms with Crippen LogP contribution in [0.3, 0.4) is 0 Å². The average molecular weight is 539 g/mol. The van der Waals surface area contributed by atoms with Gasteiger partial charge in [-0.15, -0.1) is 0 Å². The second-order valence-corrected chi connectivity index (χ2v) is 13.9. The monoisotopic (exact) mass is 538 g/mol. The Morgan fingerprint density at radius 1 is 1.11 bits per heavy atom. The van der Waals surface area contributed by atoms with Gasteiger partial charge in [0.1, 0.15) is 5.69 Å². The highest BCUT2D eigenvalue weighted by Gasteiger charge is 2.40. The maximum Gasteiger partial charge on any atom is 0.306 e. The zero-order chi connectivity index (χ0) is 27.4. The summed E-state index contributed by atoms with van der Waals surface area (Å²) >= 11 is 7.12. The van der Waals surface area contributed by atoms with Crippen LogP contribution in [0.4, 0.5) is 0 Å². The smallest absolute Gasteiger partial charge is 0.306 e. The van der Waals surface area contributed by atoms with Crippen LogP contribution in [0.25, 0.3) is 11.3 Å². The number of rotatable bonds is 7. The first-order valence-corrected chi connectivity index (χ1v) is 14.8. The molecule has 1 aromatic heterocycles. The average Bonchev–Trinajstić information content (AvgIpc) is 3.53. The Morgan fingerprint density at radius 3 is 2.34 bits per heavy atom. The number of halogens is 1. The summed E-state index contributed by atoms with van der Waals surface area (Å²) in [5.74, 6) is -0.788. The molecule has 3 fully saturated rings. The van der Waals surface area contributed by atoms with E-state index in [9.17, 15) is 14.7 Å². The van der Waals surface area contributed by atoms with E-state index in [1.807, 2.05) is 11.6 Å². The zero-order valence-electron chi connectivity index (χ0n) is 23.6. The third-order valence-electron chi connectivity index (χ3n) is 9.45.